The van der Waals surface area contributed by atoms with E-state index in [0.717, 1.165) is 11.1 Å². The molecular weight excluding hydrogens is 563 g/mol. The van der Waals surface area contributed by atoms with Crippen LogP contribution in [0.15, 0.2) is 89.9 Å². The maximum Gasteiger partial charge on any atom is 0.292 e. The number of nitro groups is 1. The molecule has 4 aromatic carbocycles. The molecule has 0 spiro atoms. The number of carbonyl (C=O) groups is 1. The van der Waals surface area contributed by atoms with Gasteiger partial charge in [-0.15, -0.1) is 0 Å². The van der Waals surface area contributed by atoms with Crippen molar-refractivity contribution < 1.29 is 14.5 Å². The molecule has 0 radical (unpaired) electrons. The molecular formula is C31H26Cl2N4O4. The van der Waals surface area contributed by atoms with E-state index in [1.54, 1.807) is 55.5 Å². The fraction of sp³-hybridized carbons (Fsp3) is 0.161. The predicted molar refractivity (Wildman–Crippen MR) is 163 cm³/mol. The third-order valence-electron chi connectivity index (χ3n) is 6.92. The van der Waals surface area contributed by atoms with Crippen molar-refractivity contribution in [3.63, 3.8) is 0 Å². The van der Waals surface area contributed by atoms with E-state index >= 15 is 0 Å². The topological polar surface area (TPSA) is 97.1 Å². The molecule has 1 unspecified atom stereocenters. The minimum Gasteiger partial charge on any atom is -0.497 e. The van der Waals surface area contributed by atoms with Gasteiger partial charge in [-0.05, 0) is 65.7 Å². The average molecular weight is 589 g/mol. The molecule has 5 rings (SSSR count). The summed E-state index contributed by atoms with van der Waals surface area (Å²) in [5, 5.41) is 15.6. The number of anilines is 2. The number of ether oxygens (including phenoxy) is 1. The zero-order valence-electron chi connectivity index (χ0n) is 22.3. The van der Waals surface area contributed by atoms with Gasteiger partial charge >= 0.3 is 0 Å². The number of rotatable bonds is 8. The van der Waals surface area contributed by atoms with Gasteiger partial charge < -0.3 is 15.0 Å². The first-order chi connectivity index (χ1) is 19.8. The Bertz CT molecular complexity index is 1640. The Balaban J connectivity index is 1.68. The number of nitrogens with zero attached hydrogens (tertiary/aromatic N) is 3. The van der Waals surface area contributed by atoms with Gasteiger partial charge in [0.25, 0.3) is 11.6 Å². The molecule has 0 aromatic heterocycles. The van der Waals surface area contributed by atoms with E-state index < -0.39 is 11.0 Å². The highest BCUT2D eigenvalue weighted by Gasteiger charge is 2.33. The summed E-state index contributed by atoms with van der Waals surface area (Å²) >= 11 is 12.6. The highest BCUT2D eigenvalue weighted by molar-refractivity contribution is 6.32. The molecule has 1 atom stereocenters. The zero-order chi connectivity index (χ0) is 29.1. The number of hydrogen-bond donors (Lipinski definition) is 1. The number of benzodiazepines with no additional fused rings is 1. The fourth-order valence-corrected chi connectivity index (χ4v) is 5.14. The van der Waals surface area contributed by atoms with Gasteiger partial charge in [0.15, 0.2) is 0 Å². The van der Waals surface area contributed by atoms with Crippen molar-refractivity contribution in [3.05, 3.63) is 127 Å². The van der Waals surface area contributed by atoms with Crippen molar-refractivity contribution in [1.29, 1.82) is 0 Å². The number of fused-ring (bicyclic) bond motifs is 1. The van der Waals surface area contributed by atoms with E-state index in [1.165, 1.54) is 6.07 Å². The minimum absolute atomic E-state index is 0.0632. The maximum absolute atomic E-state index is 14.3. The second kappa shape index (κ2) is 12.0. The number of methoxy groups -OCH3 is 1. The SMILES string of the molecule is CNc1cc(C2=NC(Cc3ccc(Cl)cc3)C(=O)N(Cc3ccc(OC)cc3)c3ccc(Cl)cc32)ccc1[N+](=O)[O-]. The third-order valence-corrected chi connectivity index (χ3v) is 7.41. The van der Waals surface area contributed by atoms with Crippen LogP contribution in [0.2, 0.25) is 10.0 Å². The summed E-state index contributed by atoms with van der Waals surface area (Å²) in [4.78, 5) is 32.1. The molecule has 0 aliphatic carbocycles. The van der Waals surface area contributed by atoms with Gasteiger partial charge in [0, 0.05) is 40.7 Å². The Morgan fingerprint density at radius 2 is 1.63 bits per heavy atom. The summed E-state index contributed by atoms with van der Waals surface area (Å²) in [5.74, 6) is 0.526. The molecule has 208 valence electrons. The van der Waals surface area contributed by atoms with E-state index in [1.807, 2.05) is 42.5 Å². The van der Waals surface area contributed by atoms with Gasteiger partial charge in [-0.25, -0.2) is 0 Å². The number of carbonyl (C=O) groups excluding carboxylic acids is 1. The maximum atomic E-state index is 14.3. The Morgan fingerprint density at radius 3 is 2.29 bits per heavy atom. The Hall–Kier alpha value is -4.40. The van der Waals surface area contributed by atoms with Crippen LogP contribution in [-0.4, -0.2) is 36.7 Å². The van der Waals surface area contributed by atoms with Crippen LogP contribution in [0.5, 0.6) is 5.75 Å². The van der Waals surface area contributed by atoms with E-state index in [0.29, 0.717) is 57.0 Å². The third kappa shape index (κ3) is 6.04. The van der Waals surface area contributed by atoms with Gasteiger partial charge in [-0.3, -0.25) is 19.9 Å². The number of halogens is 2. The number of nitrogens with one attached hydrogen (secondary N) is 1. The molecule has 1 amide bonds. The van der Waals surface area contributed by atoms with Crippen LogP contribution in [0, 0.1) is 10.1 Å². The summed E-state index contributed by atoms with van der Waals surface area (Å²) in [6.07, 6.45) is 0.326. The number of aliphatic imine (C=N–C) groups is 1. The molecule has 8 nitrogen and oxygen atoms in total. The molecule has 1 heterocycles. The van der Waals surface area contributed by atoms with Crippen LogP contribution >= 0.6 is 23.2 Å². The van der Waals surface area contributed by atoms with Gasteiger partial charge in [-0.1, -0.05) is 47.5 Å². The van der Waals surface area contributed by atoms with E-state index in [9.17, 15) is 14.9 Å². The van der Waals surface area contributed by atoms with Gasteiger partial charge in [0.05, 0.1) is 30.0 Å². The molecule has 1 aliphatic heterocycles. The predicted octanol–water partition coefficient (Wildman–Crippen LogP) is 6.95. The smallest absolute Gasteiger partial charge is 0.292 e. The fourth-order valence-electron chi connectivity index (χ4n) is 4.84. The molecule has 0 saturated heterocycles. The van der Waals surface area contributed by atoms with E-state index in [-0.39, 0.29) is 11.6 Å². The van der Waals surface area contributed by atoms with Crippen molar-refractivity contribution in [1.82, 2.24) is 0 Å². The number of amides is 1. The van der Waals surface area contributed by atoms with Crippen LogP contribution in [0.25, 0.3) is 0 Å². The molecule has 10 heteroatoms. The van der Waals surface area contributed by atoms with E-state index in [2.05, 4.69) is 5.32 Å². The molecule has 4 aromatic rings. The van der Waals surface area contributed by atoms with Crippen LogP contribution in [0.1, 0.15) is 22.3 Å². The van der Waals surface area contributed by atoms with E-state index in [4.69, 9.17) is 32.9 Å². The summed E-state index contributed by atoms with van der Waals surface area (Å²) < 4.78 is 5.30. The van der Waals surface area contributed by atoms with Crippen molar-refractivity contribution in [3.8, 4) is 5.75 Å². The van der Waals surface area contributed by atoms with Crippen LogP contribution in [-0.2, 0) is 17.8 Å². The largest absolute Gasteiger partial charge is 0.497 e. The van der Waals surface area contributed by atoms with Crippen molar-refractivity contribution in [2.24, 2.45) is 4.99 Å². The highest BCUT2D eigenvalue weighted by Crippen LogP contribution is 2.35. The molecule has 0 fully saturated rings. The molecule has 1 N–H and O–H groups in total. The lowest BCUT2D eigenvalue weighted by atomic mass is 9.99. The number of hydrogen-bond acceptors (Lipinski definition) is 6. The van der Waals surface area contributed by atoms with Gasteiger partial charge in [0.2, 0.25) is 0 Å². The Labute approximate surface area is 247 Å². The summed E-state index contributed by atoms with van der Waals surface area (Å²) in [6, 6.07) is 24.1. The van der Waals surface area contributed by atoms with Crippen molar-refractivity contribution in [2.75, 3.05) is 24.4 Å². The molecule has 0 saturated carbocycles. The minimum atomic E-state index is -0.788. The Morgan fingerprint density at radius 1 is 0.951 bits per heavy atom. The lowest BCUT2D eigenvalue weighted by Crippen LogP contribution is -2.38. The molecule has 0 bridgehead atoms. The van der Waals surface area contributed by atoms with Crippen LogP contribution in [0.3, 0.4) is 0 Å². The number of benzene rings is 4. The summed E-state index contributed by atoms with van der Waals surface area (Å²) in [5.41, 5.74) is 4.48. The average Bonchev–Trinajstić information content (AvgIpc) is 3.08. The van der Waals surface area contributed by atoms with Crippen molar-refractivity contribution in [2.45, 2.75) is 19.0 Å². The second-order valence-electron chi connectivity index (χ2n) is 9.50. The first-order valence-electron chi connectivity index (χ1n) is 12.8. The molecule has 41 heavy (non-hydrogen) atoms. The lowest BCUT2D eigenvalue weighted by molar-refractivity contribution is -0.383. The summed E-state index contributed by atoms with van der Waals surface area (Å²) in [6.45, 7) is 0.291. The first kappa shape index (κ1) is 28.1. The summed E-state index contributed by atoms with van der Waals surface area (Å²) in [7, 11) is 3.22. The monoisotopic (exact) mass is 588 g/mol. The van der Waals surface area contributed by atoms with Crippen molar-refractivity contribution >= 4 is 51.9 Å². The van der Waals surface area contributed by atoms with Crippen LogP contribution in [0.4, 0.5) is 17.1 Å². The first-order valence-corrected chi connectivity index (χ1v) is 13.6. The normalized spacial score (nSPS) is 14.6. The number of nitro benzene ring substituents is 1. The molecule has 1 aliphatic rings. The standard InChI is InChI=1S/C31H26Cl2N4O4/c1-34-26-16-21(7-13-29(26)37(39)40)30-25-17-23(33)10-14-28(25)36(18-20-5-11-24(41-2)12-6-20)31(38)27(35-30)15-19-3-8-22(32)9-4-19/h3-14,16-17,27,34H,15,18H2,1-2H3. The highest BCUT2D eigenvalue weighted by atomic mass is 35.5. The van der Waals surface area contributed by atoms with Crippen LogP contribution < -0.4 is 15.0 Å². The second-order valence-corrected chi connectivity index (χ2v) is 10.4. The Kier molecular flexibility index (Phi) is 8.23. The van der Waals surface area contributed by atoms with Gasteiger partial charge in [0.1, 0.15) is 17.5 Å². The van der Waals surface area contributed by atoms with Gasteiger partial charge in [-0.2, -0.15) is 0 Å². The quantitative estimate of drug-likeness (QED) is 0.177. The lowest BCUT2D eigenvalue weighted by Gasteiger charge is -2.26. The zero-order valence-corrected chi connectivity index (χ0v) is 23.8.